The number of oxazole rings is 1. The van der Waals surface area contributed by atoms with Crippen LogP contribution in [0.1, 0.15) is 21.5 Å². The minimum Gasteiger partial charge on any atom is -0.508 e. The van der Waals surface area contributed by atoms with Crippen LogP contribution in [0.5, 0.6) is 11.5 Å². The SMILES string of the molecule is Cc1ccc(CS(=O)(=O)c2ccccc2)c(O)c1.NC(=O)c1ccccc1NC(=O)CN(c1cccc(Br)c1)S(=O)(=O)c1ccccc1.O=S(=O)(Nc1ccc(O)c(NS(=O)(=O)c2ccccc2)c1)c1ccccc1.O=S(=O)(Nc1nc(-c2ccccc2)c(-c2ccccc2)o1)c1ccc(Cl)cc1. The molecule has 11 aromatic carbocycles. The lowest BCUT2D eigenvalue weighted by Crippen LogP contribution is -2.38. The summed E-state index contributed by atoms with van der Waals surface area (Å²) in [4.78, 5) is 29.2. The van der Waals surface area contributed by atoms with Crippen LogP contribution in [0.15, 0.2) is 325 Å². The molecule has 103 heavy (non-hydrogen) atoms. The van der Waals surface area contributed by atoms with Gasteiger partial charge in [-0.1, -0.05) is 191 Å². The fourth-order valence-electron chi connectivity index (χ4n) is 9.53. The molecule has 22 nitrogen and oxygen atoms in total. The van der Waals surface area contributed by atoms with Crippen molar-refractivity contribution in [3.05, 3.63) is 317 Å². The zero-order valence-electron chi connectivity index (χ0n) is 54.1. The number of anilines is 5. The van der Waals surface area contributed by atoms with E-state index < -0.39 is 68.3 Å². The van der Waals surface area contributed by atoms with E-state index in [9.17, 15) is 61.9 Å². The van der Waals surface area contributed by atoms with Gasteiger partial charge in [-0.05, 0) is 140 Å². The average molecular weight is 1570 g/mol. The molecule has 0 aliphatic heterocycles. The van der Waals surface area contributed by atoms with Crippen LogP contribution in [0, 0.1) is 6.92 Å². The van der Waals surface area contributed by atoms with Gasteiger partial charge in [0.25, 0.3) is 46.0 Å². The van der Waals surface area contributed by atoms with Gasteiger partial charge >= 0.3 is 6.01 Å². The molecule has 0 saturated heterocycles. The number of hydrogen-bond donors (Lipinski definition) is 7. The number of aromatic hydroxyl groups is 2. The van der Waals surface area contributed by atoms with E-state index in [1.54, 1.807) is 140 Å². The summed E-state index contributed by atoms with van der Waals surface area (Å²) < 4.78 is 140. The maximum atomic E-state index is 13.3. The number of nitrogens with one attached hydrogen (secondary N) is 4. The van der Waals surface area contributed by atoms with E-state index in [1.807, 2.05) is 67.6 Å². The van der Waals surface area contributed by atoms with Crippen molar-refractivity contribution >= 4 is 118 Å². The molecular weight excluding hydrogens is 1500 g/mol. The highest BCUT2D eigenvalue weighted by Gasteiger charge is 2.29. The molecule has 12 rings (SSSR count). The Morgan fingerprint density at radius 1 is 0.495 bits per heavy atom. The summed E-state index contributed by atoms with van der Waals surface area (Å²) >= 11 is 9.16. The number of hydrogen-bond acceptors (Lipinski definition) is 16. The number of carbonyl (C=O) groups excluding carboxylic acids is 2. The van der Waals surface area contributed by atoms with Gasteiger partial charge in [0, 0.05) is 26.2 Å². The molecule has 0 fully saturated rings. The third kappa shape index (κ3) is 20.8. The number of aryl methyl sites for hydroxylation is 1. The summed E-state index contributed by atoms with van der Waals surface area (Å²) in [5, 5.41) is 22.7. The highest BCUT2D eigenvalue weighted by atomic mass is 79.9. The second-order valence-corrected chi connectivity index (χ2v) is 32.3. The summed E-state index contributed by atoms with van der Waals surface area (Å²) in [6.45, 7) is 1.34. The molecule has 0 atom stereocenters. The number of amides is 2. The third-order valence-electron chi connectivity index (χ3n) is 14.5. The second-order valence-electron chi connectivity index (χ2n) is 22.0. The van der Waals surface area contributed by atoms with Gasteiger partial charge < -0.3 is 25.7 Å². The lowest BCUT2D eigenvalue weighted by atomic mass is 10.1. The lowest BCUT2D eigenvalue weighted by Gasteiger charge is -2.24. The number of phenols is 2. The number of sulfonamides is 4. The van der Waals surface area contributed by atoms with Gasteiger partial charge in [0.1, 0.15) is 23.7 Å². The smallest absolute Gasteiger partial charge is 0.310 e. The Morgan fingerprint density at radius 3 is 1.54 bits per heavy atom. The van der Waals surface area contributed by atoms with E-state index in [4.69, 9.17) is 21.8 Å². The standard InChI is InChI=1S/C21H18BrN3O4S.C21H15ClN2O3S.C18H16N2O5S2.C14H14O3S/c22-15-7-6-8-16(13-15)25(30(28,29)17-9-2-1-3-10-17)14-20(26)24-19-12-5-4-11-18(19)21(23)27;22-17-11-13-18(14-12-17)28(25,26)24-21-23-19(15-7-3-1-4-8-15)20(27-21)16-9-5-2-6-10-16;21-18-12-11-14(19-26(22,23)15-7-3-1-4-8-15)13-17(18)20-27(24,25)16-9-5-2-6-10-16;1-11-7-8-12(14(15)9-11)10-18(16,17)13-5-3-2-4-6-13/h1-13H,14H2,(H2,23,27)(H,24,26);1-14H,(H,23,24);1-13,19-21H;2-9,15H,10H2,1H3. The zero-order chi connectivity index (χ0) is 74.0. The van der Waals surface area contributed by atoms with Crippen molar-refractivity contribution in [2.45, 2.75) is 37.2 Å². The van der Waals surface area contributed by atoms with Crippen molar-refractivity contribution in [2.75, 3.05) is 30.3 Å². The van der Waals surface area contributed by atoms with Crippen LogP contribution in [0.2, 0.25) is 5.02 Å². The van der Waals surface area contributed by atoms with Gasteiger partial charge in [-0.3, -0.25) is 23.3 Å². The molecular formula is C74H63BrClN7O15S5. The molecule has 1 aromatic heterocycles. The first-order valence-electron chi connectivity index (χ1n) is 30.6. The highest BCUT2D eigenvalue weighted by Crippen LogP contribution is 2.36. The predicted octanol–water partition coefficient (Wildman–Crippen LogP) is 14.5. The van der Waals surface area contributed by atoms with Crippen molar-refractivity contribution in [3.63, 3.8) is 0 Å². The molecule has 528 valence electrons. The van der Waals surface area contributed by atoms with Crippen molar-refractivity contribution in [2.24, 2.45) is 5.73 Å². The van der Waals surface area contributed by atoms with E-state index in [1.165, 1.54) is 91.0 Å². The van der Waals surface area contributed by atoms with Crippen LogP contribution in [0.3, 0.4) is 0 Å². The Balaban J connectivity index is 0.000000162. The Hall–Kier alpha value is -11.1. The highest BCUT2D eigenvalue weighted by molar-refractivity contribution is 9.10. The zero-order valence-corrected chi connectivity index (χ0v) is 60.5. The van der Waals surface area contributed by atoms with Gasteiger partial charge in [0.05, 0.1) is 58.5 Å². The van der Waals surface area contributed by atoms with E-state index >= 15 is 0 Å². The average Bonchev–Trinajstić information content (AvgIpc) is 1.66. The minimum atomic E-state index is -4.02. The molecule has 0 bridgehead atoms. The Kier molecular flexibility index (Phi) is 25.1. The quantitative estimate of drug-likeness (QED) is 0.0260. The Bertz CT molecular complexity index is 5480. The number of phenolic OH excluding ortho intramolecular Hbond substituents is 2. The minimum absolute atomic E-state index is 0.0136. The second kappa shape index (κ2) is 34.0. The van der Waals surface area contributed by atoms with Crippen LogP contribution in [0.4, 0.5) is 28.8 Å². The Morgan fingerprint density at radius 2 is 0.990 bits per heavy atom. The van der Waals surface area contributed by atoms with E-state index in [-0.39, 0.29) is 70.4 Å². The maximum Gasteiger partial charge on any atom is 0.310 e. The molecule has 29 heteroatoms. The molecule has 0 aliphatic carbocycles. The number of para-hydroxylation sites is 1. The summed E-state index contributed by atoms with van der Waals surface area (Å²) in [6.07, 6.45) is 0. The Labute approximate surface area is 609 Å². The number of nitrogens with two attached hydrogens (primary N) is 1. The van der Waals surface area contributed by atoms with Crippen LogP contribution >= 0.6 is 27.5 Å². The van der Waals surface area contributed by atoms with Gasteiger partial charge in [0.15, 0.2) is 15.6 Å². The molecule has 1 heterocycles. The molecule has 2 amide bonds. The van der Waals surface area contributed by atoms with Crippen molar-refractivity contribution < 1.29 is 66.3 Å². The van der Waals surface area contributed by atoms with E-state index in [0.717, 1.165) is 21.0 Å². The normalized spacial score (nSPS) is 11.3. The van der Waals surface area contributed by atoms with Gasteiger partial charge in [0.2, 0.25) is 5.91 Å². The number of sulfone groups is 1. The van der Waals surface area contributed by atoms with Crippen molar-refractivity contribution in [1.29, 1.82) is 0 Å². The summed E-state index contributed by atoms with van der Waals surface area (Å²) in [7, 11) is -19.1. The number of nitrogens with zero attached hydrogens (tertiary/aromatic N) is 2. The first-order chi connectivity index (χ1) is 49.1. The molecule has 0 radical (unpaired) electrons. The molecule has 0 aliphatic rings. The van der Waals surface area contributed by atoms with E-state index in [0.29, 0.717) is 32.2 Å². The molecule has 12 aromatic rings. The lowest BCUT2D eigenvalue weighted by molar-refractivity contribution is -0.114. The number of halogens is 2. The summed E-state index contributed by atoms with van der Waals surface area (Å²) in [5.41, 5.74) is 9.44. The van der Waals surface area contributed by atoms with Crippen molar-refractivity contribution in [1.82, 2.24) is 4.98 Å². The molecule has 8 N–H and O–H groups in total. The molecule has 0 spiro atoms. The molecule has 0 unspecified atom stereocenters. The van der Waals surface area contributed by atoms with Crippen LogP contribution in [-0.4, -0.2) is 75.6 Å². The van der Waals surface area contributed by atoms with Crippen LogP contribution < -0.4 is 29.5 Å². The van der Waals surface area contributed by atoms with Gasteiger partial charge in [-0.2, -0.15) is 4.98 Å². The van der Waals surface area contributed by atoms with E-state index in [2.05, 4.69) is 40.4 Å². The number of aromatic nitrogens is 1. The summed E-state index contributed by atoms with van der Waals surface area (Å²) in [5.74, 6) is -1.34. The third-order valence-corrected chi connectivity index (χ3v) is 22.9. The first kappa shape index (κ1) is 76.1. The topological polar surface area (TPSA) is 349 Å². The maximum absolute atomic E-state index is 13.3. The largest absolute Gasteiger partial charge is 0.508 e. The fraction of sp³-hybridized carbons (Fsp3) is 0.0405. The number of benzene rings is 11. The molecule has 0 saturated carbocycles. The predicted molar refractivity (Wildman–Crippen MR) is 401 cm³/mol. The number of carbonyl (C=O) groups is 2. The van der Waals surface area contributed by atoms with Gasteiger partial charge in [-0.15, -0.1) is 0 Å². The first-order valence-corrected chi connectivity index (χ1v) is 39.3. The fourth-order valence-corrected chi connectivity index (χ4v) is 16.0. The monoisotopic (exact) mass is 1560 g/mol. The summed E-state index contributed by atoms with van der Waals surface area (Å²) in [6, 6.07) is 77.6. The number of rotatable bonds is 21. The number of primary amides is 1. The van der Waals surface area contributed by atoms with Gasteiger partial charge in [-0.25, -0.2) is 46.8 Å². The van der Waals surface area contributed by atoms with Crippen LogP contribution in [0.25, 0.3) is 22.6 Å². The van der Waals surface area contributed by atoms with Crippen LogP contribution in [-0.2, 0) is 60.5 Å². The van der Waals surface area contributed by atoms with Crippen molar-refractivity contribution in [3.8, 4) is 34.1 Å².